The molecule has 6 aromatic rings. The molecule has 0 bridgehead atoms. The van der Waals surface area contributed by atoms with Crippen LogP contribution in [0.2, 0.25) is 0 Å². The van der Waals surface area contributed by atoms with Crippen LogP contribution in [0.3, 0.4) is 0 Å². The second kappa shape index (κ2) is 10.6. The molecule has 0 N–H and O–H groups in total. The fourth-order valence-electron chi connectivity index (χ4n) is 5.48. The van der Waals surface area contributed by atoms with Crippen molar-refractivity contribution in [2.75, 3.05) is 7.11 Å². The lowest BCUT2D eigenvalue weighted by atomic mass is 9.89. The number of para-hydroxylation sites is 3. The lowest BCUT2D eigenvalue weighted by Crippen LogP contribution is -2.03. The molecule has 0 aliphatic carbocycles. The van der Waals surface area contributed by atoms with Crippen LogP contribution in [0.5, 0.6) is 11.5 Å². The van der Waals surface area contributed by atoms with E-state index >= 15 is 0 Å². The molecule has 1 aromatic heterocycles. The van der Waals surface area contributed by atoms with Crippen LogP contribution >= 0.6 is 0 Å². The molecule has 5 aromatic carbocycles. The first kappa shape index (κ1) is 24.6. The van der Waals surface area contributed by atoms with Gasteiger partial charge in [-0.05, 0) is 35.4 Å². The normalized spacial score (nSPS) is 13.4. The molecule has 0 radical (unpaired) electrons. The summed E-state index contributed by atoms with van der Waals surface area (Å²) in [7, 11) is 1.72. The highest BCUT2D eigenvalue weighted by atomic mass is 16.5. The number of ether oxygens (including phenoxy) is 2. The molecule has 41 heavy (non-hydrogen) atoms. The van der Waals surface area contributed by atoms with E-state index in [9.17, 15) is 0 Å². The van der Waals surface area contributed by atoms with E-state index in [4.69, 9.17) is 13.9 Å². The molecule has 1 aliphatic rings. The molecule has 0 spiro atoms. The Balaban J connectivity index is 1.57. The van der Waals surface area contributed by atoms with Crippen LogP contribution in [0.1, 0.15) is 16.9 Å². The summed E-state index contributed by atoms with van der Waals surface area (Å²) in [5.74, 6) is 3.17. The Morgan fingerprint density at radius 1 is 0.610 bits per heavy atom. The molecule has 196 valence electrons. The second-order valence-corrected chi connectivity index (χ2v) is 9.85. The van der Waals surface area contributed by atoms with Gasteiger partial charge in [-0.15, -0.1) is 0 Å². The van der Waals surface area contributed by atoms with Gasteiger partial charge in [0.1, 0.15) is 17.3 Å². The first-order valence-electron chi connectivity index (χ1n) is 13.6. The van der Waals surface area contributed by atoms with Gasteiger partial charge in [0.25, 0.3) is 0 Å². The van der Waals surface area contributed by atoms with Crippen molar-refractivity contribution in [3.63, 3.8) is 0 Å². The lowest BCUT2D eigenvalue weighted by molar-refractivity contribution is 0.416. The Kier molecular flexibility index (Phi) is 6.38. The lowest BCUT2D eigenvalue weighted by Gasteiger charge is -2.20. The Bertz CT molecular complexity index is 1940. The van der Waals surface area contributed by atoms with Gasteiger partial charge in [0.15, 0.2) is 0 Å². The minimum absolute atomic E-state index is 0.756. The van der Waals surface area contributed by atoms with Gasteiger partial charge < -0.3 is 9.47 Å². The molecule has 0 fully saturated rings. The van der Waals surface area contributed by atoms with Crippen LogP contribution in [-0.4, -0.2) is 7.11 Å². The van der Waals surface area contributed by atoms with E-state index < -0.39 is 0 Å². The number of fused-ring (bicyclic) bond motifs is 2. The van der Waals surface area contributed by atoms with Gasteiger partial charge in [-0.25, -0.2) is 4.42 Å². The van der Waals surface area contributed by atoms with E-state index in [1.165, 1.54) is 0 Å². The highest BCUT2D eigenvalue weighted by Gasteiger charge is 2.29. The molecular formula is C38H27O3+. The van der Waals surface area contributed by atoms with Gasteiger partial charge in [-0.1, -0.05) is 109 Å². The molecule has 0 saturated carbocycles. The van der Waals surface area contributed by atoms with Crippen molar-refractivity contribution in [1.82, 2.24) is 0 Å². The summed E-state index contributed by atoms with van der Waals surface area (Å²) in [6.45, 7) is 0. The Labute approximate surface area is 239 Å². The molecule has 0 unspecified atom stereocenters. The molecule has 0 amide bonds. The zero-order valence-electron chi connectivity index (χ0n) is 22.6. The van der Waals surface area contributed by atoms with Crippen LogP contribution in [0, 0.1) is 0 Å². The minimum Gasteiger partial charge on any atom is -0.496 e. The van der Waals surface area contributed by atoms with E-state index in [2.05, 4.69) is 66.7 Å². The van der Waals surface area contributed by atoms with Crippen molar-refractivity contribution in [2.24, 2.45) is 0 Å². The highest BCUT2D eigenvalue weighted by Crippen LogP contribution is 2.46. The number of hydrogen-bond donors (Lipinski definition) is 0. The van der Waals surface area contributed by atoms with E-state index in [1.54, 1.807) is 7.11 Å². The van der Waals surface area contributed by atoms with E-state index in [1.807, 2.05) is 78.9 Å². The zero-order chi connectivity index (χ0) is 27.6. The standard InChI is InChI=1S/C38H27O3/c1-39-32-21-11-9-19-30(32)38-31-20-10-13-23-34(31)41-36(37(38)27-16-6-3-7-17-27)25-28-24-35(26-14-4-2-5-15-26)40-33-22-12-8-18-29(28)33/h2-25H,1H3/q+1. The van der Waals surface area contributed by atoms with Crippen molar-refractivity contribution < 1.29 is 13.9 Å². The Morgan fingerprint density at radius 2 is 1.24 bits per heavy atom. The van der Waals surface area contributed by atoms with Gasteiger partial charge in [0.2, 0.25) is 0 Å². The second-order valence-electron chi connectivity index (χ2n) is 9.85. The van der Waals surface area contributed by atoms with Crippen LogP contribution in [-0.2, 0) is 0 Å². The van der Waals surface area contributed by atoms with Crippen LogP contribution in [0.15, 0.2) is 144 Å². The van der Waals surface area contributed by atoms with Crippen LogP contribution < -0.4 is 9.47 Å². The number of rotatable bonds is 5. The largest absolute Gasteiger partial charge is 0.496 e. The van der Waals surface area contributed by atoms with Gasteiger partial charge in [-0.3, -0.25) is 0 Å². The maximum Gasteiger partial charge on any atom is 0.362 e. The Morgan fingerprint density at radius 3 is 2.02 bits per heavy atom. The smallest absolute Gasteiger partial charge is 0.362 e. The summed E-state index contributed by atoms with van der Waals surface area (Å²) >= 11 is 0. The van der Waals surface area contributed by atoms with Crippen molar-refractivity contribution in [1.29, 1.82) is 0 Å². The molecule has 2 heterocycles. The average molecular weight is 532 g/mol. The van der Waals surface area contributed by atoms with E-state index in [-0.39, 0.29) is 0 Å². The summed E-state index contributed by atoms with van der Waals surface area (Å²) in [6.07, 6.45) is 4.23. The van der Waals surface area contributed by atoms with Crippen LogP contribution in [0.25, 0.3) is 50.6 Å². The molecular weight excluding hydrogens is 504 g/mol. The molecule has 3 heteroatoms. The first-order chi connectivity index (χ1) is 20.3. The third kappa shape index (κ3) is 4.58. The number of allylic oxidation sites excluding steroid dienone is 2. The fourth-order valence-corrected chi connectivity index (χ4v) is 5.48. The Hall–Kier alpha value is -5.41. The van der Waals surface area contributed by atoms with Crippen molar-refractivity contribution in [3.05, 3.63) is 156 Å². The van der Waals surface area contributed by atoms with E-state index in [0.29, 0.717) is 0 Å². The van der Waals surface area contributed by atoms with Crippen molar-refractivity contribution in [3.8, 4) is 33.8 Å². The monoisotopic (exact) mass is 531 g/mol. The summed E-state index contributed by atoms with van der Waals surface area (Å²) < 4.78 is 19.0. The van der Waals surface area contributed by atoms with Gasteiger partial charge >= 0.3 is 11.3 Å². The summed E-state index contributed by atoms with van der Waals surface area (Å²) in [6, 6.07) is 45.1. The SMILES string of the molecule is COc1ccccc1-c1c(-c2ccccc2)c(C=C2C=C(c3ccccc3)Oc3ccccc32)[o+]c2ccccc12. The fraction of sp³-hybridized carbons (Fsp3) is 0.0263. The summed E-state index contributed by atoms with van der Waals surface area (Å²) in [4.78, 5) is 0. The molecule has 3 nitrogen and oxygen atoms in total. The third-order valence-electron chi connectivity index (χ3n) is 7.36. The molecule has 0 atom stereocenters. The van der Waals surface area contributed by atoms with Gasteiger partial charge in [0.05, 0.1) is 24.1 Å². The number of benzene rings is 5. The van der Waals surface area contributed by atoms with Crippen molar-refractivity contribution >= 4 is 28.4 Å². The first-order valence-corrected chi connectivity index (χ1v) is 13.6. The average Bonchev–Trinajstić information content (AvgIpc) is 3.05. The topological polar surface area (TPSA) is 29.8 Å². The number of hydrogen-bond acceptors (Lipinski definition) is 2. The number of methoxy groups -OCH3 is 1. The summed E-state index contributed by atoms with van der Waals surface area (Å²) in [5, 5.41) is 1.02. The predicted molar refractivity (Wildman–Crippen MR) is 167 cm³/mol. The minimum atomic E-state index is 0.756. The van der Waals surface area contributed by atoms with Gasteiger partial charge in [-0.2, -0.15) is 0 Å². The van der Waals surface area contributed by atoms with E-state index in [0.717, 1.165) is 72.9 Å². The van der Waals surface area contributed by atoms with Gasteiger partial charge in [0, 0.05) is 28.3 Å². The quantitative estimate of drug-likeness (QED) is 0.207. The molecule has 0 saturated heterocycles. The molecule has 1 aliphatic heterocycles. The third-order valence-corrected chi connectivity index (χ3v) is 7.36. The van der Waals surface area contributed by atoms with Crippen molar-refractivity contribution in [2.45, 2.75) is 0 Å². The highest BCUT2D eigenvalue weighted by molar-refractivity contribution is 6.07. The zero-order valence-corrected chi connectivity index (χ0v) is 22.6. The van der Waals surface area contributed by atoms with Crippen LogP contribution in [0.4, 0.5) is 0 Å². The molecule has 7 rings (SSSR count). The predicted octanol–water partition coefficient (Wildman–Crippen LogP) is 10.0. The maximum absolute atomic E-state index is 6.75. The maximum atomic E-state index is 6.75. The summed E-state index contributed by atoms with van der Waals surface area (Å²) in [5.41, 5.74) is 7.96.